The normalized spacial score (nSPS) is 11.8. The van der Waals surface area contributed by atoms with Gasteiger partial charge in [-0.25, -0.2) is 0 Å². The minimum Gasteiger partial charge on any atom is -0.199 e. The zero-order valence-electron chi connectivity index (χ0n) is 8.16. The third-order valence-corrected chi connectivity index (χ3v) is 3.86. The highest BCUT2D eigenvalue weighted by Crippen LogP contribution is 2.34. The summed E-state index contributed by atoms with van der Waals surface area (Å²) in [5.74, 6) is 0. The second kappa shape index (κ2) is 2.76. The van der Waals surface area contributed by atoms with Crippen LogP contribution in [0, 0.1) is 0 Å². The topological polar surface area (TPSA) is 43.1 Å². The van der Waals surface area contributed by atoms with Gasteiger partial charge in [0.15, 0.2) is 5.65 Å². The summed E-state index contributed by atoms with van der Waals surface area (Å²) >= 11 is 1.73. The summed E-state index contributed by atoms with van der Waals surface area (Å²) in [5.41, 5.74) is 0.832. The lowest BCUT2D eigenvalue weighted by Crippen LogP contribution is -1.87. The fourth-order valence-electron chi connectivity index (χ4n) is 1.94. The van der Waals surface area contributed by atoms with Crippen molar-refractivity contribution in [2.45, 2.75) is 0 Å². The van der Waals surface area contributed by atoms with Gasteiger partial charge in [0.05, 0.1) is 10.9 Å². The average molecular weight is 226 g/mol. The number of aromatic nitrogens is 4. The molecule has 0 unspecified atom stereocenters. The second-order valence-corrected chi connectivity index (χ2v) is 4.64. The number of nitrogens with zero attached hydrogens (tertiary/aromatic N) is 4. The summed E-state index contributed by atoms with van der Waals surface area (Å²) in [6.45, 7) is 0. The fraction of sp³-hybridized carbons (Fsp3) is 0. The van der Waals surface area contributed by atoms with Gasteiger partial charge in [-0.2, -0.15) is 9.61 Å². The molecule has 0 radical (unpaired) electrons. The summed E-state index contributed by atoms with van der Waals surface area (Å²) in [6, 6.07) is 8.32. The Bertz CT molecular complexity index is 814. The number of benzene rings is 1. The number of hydrogen-bond acceptors (Lipinski definition) is 4. The molecule has 3 aromatic heterocycles. The largest absolute Gasteiger partial charge is 0.199 e. The minimum atomic E-state index is 0.832. The van der Waals surface area contributed by atoms with E-state index in [9.17, 15) is 0 Å². The summed E-state index contributed by atoms with van der Waals surface area (Å²) in [5, 5.41) is 14.7. The molecule has 0 amide bonds. The molecular weight excluding hydrogens is 220 g/mol. The second-order valence-electron chi connectivity index (χ2n) is 3.58. The molecule has 0 saturated carbocycles. The Morgan fingerprint density at radius 1 is 1.12 bits per heavy atom. The van der Waals surface area contributed by atoms with Gasteiger partial charge in [0.25, 0.3) is 0 Å². The molecule has 0 aliphatic carbocycles. The molecule has 0 saturated heterocycles. The van der Waals surface area contributed by atoms with Crippen molar-refractivity contribution < 1.29 is 0 Å². The van der Waals surface area contributed by atoms with Crippen LogP contribution in [-0.2, 0) is 0 Å². The molecule has 4 nitrogen and oxygen atoms in total. The van der Waals surface area contributed by atoms with Crippen LogP contribution in [-0.4, -0.2) is 19.8 Å². The van der Waals surface area contributed by atoms with Crippen LogP contribution in [0.25, 0.3) is 25.8 Å². The predicted octanol–water partition coefficient (Wildman–Crippen LogP) is 2.49. The van der Waals surface area contributed by atoms with Gasteiger partial charge in [0.1, 0.15) is 6.33 Å². The quantitative estimate of drug-likeness (QED) is 0.462. The van der Waals surface area contributed by atoms with Gasteiger partial charge in [0.2, 0.25) is 0 Å². The molecule has 5 heteroatoms. The Kier molecular flexibility index (Phi) is 1.41. The Hall–Kier alpha value is -2.01. The summed E-state index contributed by atoms with van der Waals surface area (Å²) in [6.07, 6.45) is 3.50. The van der Waals surface area contributed by atoms with Crippen LogP contribution >= 0.6 is 11.3 Å². The van der Waals surface area contributed by atoms with Crippen LogP contribution in [0.2, 0.25) is 0 Å². The lowest BCUT2D eigenvalue weighted by Gasteiger charge is -1.92. The molecule has 0 aliphatic heterocycles. The molecule has 76 valence electrons. The number of thiophene rings is 1. The van der Waals surface area contributed by atoms with Crippen molar-refractivity contribution in [3.8, 4) is 0 Å². The van der Waals surface area contributed by atoms with E-state index in [1.54, 1.807) is 22.2 Å². The number of fused-ring (bicyclic) bond motifs is 5. The Balaban J connectivity index is 2.38. The maximum atomic E-state index is 4.29. The van der Waals surface area contributed by atoms with E-state index >= 15 is 0 Å². The maximum absolute atomic E-state index is 4.29. The average Bonchev–Trinajstić information content (AvgIpc) is 2.92. The summed E-state index contributed by atoms with van der Waals surface area (Å²) < 4.78 is 4.11. The van der Waals surface area contributed by atoms with Crippen molar-refractivity contribution in [3.63, 3.8) is 0 Å². The smallest absolute Gasteiger partial charge is 0.195 e. The van der Waals surface area contributed by atoms with Crippen molar-refractivity contribution in [2.24, 2.45) is 0 Å². The van der Waals surface area contributed by atoms with Crippen molar-refractivity contribution in [3.05, 3.63) is 36.8 Å². The van der Waals surface area contributed by atoms with Gasteiger partial charge in [0, 0.05) is 15.5 Å². The van der Waals surface area contributed by atoms with Crippen LogP contribution in [0.15, 0.2) is 36.8 Å². The highest BCUT2D eigenvalue weighted by Gasteiger charge is 2.09. The molecule has 4 rings (SSSR count). The molecule has 0 aliphatic rings. The van der Waals surface area contributed by atoms with Gasteiger partial charge >= 0.3 is 0 Å². The fourth-order valence-corrected chi connectivity index (χ4v) is 3.10. The van der Waals surface area contributed by atoms with Gasteiger partial charge in [-0.1, -0.05) is 18.2 Å². The zero-order valence-corrected chi connectivity index (χ0v) is 8.98. The van der Waals surface area contributed by atoms with Crippen LogP contribution in [0.4, 0.5) is 0 Å². The van der Waals surface area contributed by atoms with Gasteiger partial charge < -0.3 is 0 Å². The van der Waals surface area contributed by atoms with E-state index in [0.717, 1.165) is 15.7 Å². The highest BCUT2D eigenvalue weighted by atomic mass is 32.1. The van der Waals surface area contributed by atoms with Crippen LogP contribution < -0.4 is 0 Å². The Labute approximate surface area is 94.1 Å². The molecule has 0 bridgehead atoms. The molecule has 3 heterocycles. The lowest BCUT2D eigenvalue weighted by atomic mass is 10.2. The molecule has 16 heavy (non-hydrogen) atoms. The Morgan fingerprint density at radius 3 is 3.06 bits per heavy atom. The zero-order chi connectivity index (χ0) is 10.5. The lowest BCUT2D eigenvalue weighted by molar-refractivity contribution is 0.937. The molecular formula is C11H6N4S. The van der Waals surface area contributed by atoms with Crippen LogP contribution in [0.5, 0.6) is 0 Å². The van der Waals surface area contributed by atoms with Crippen LogP contribution in [0.3, 0.4) is 0 Å². The first-order chi connectivity index (χ1) is 7.93. The summed E-state index contributed by atoms with van der Waals surface area (Å²) in [7, 11) is 0. The van der Waals surface area contributed by atoms with E-state index < -0.39 is 0 Å². The standard InChI is InChI=1S/C11H6N4S/c1-2-4-9-7(3-1)8-5-13-15-6-12-14-11(15)10(8)16-9/h1-6H. The maximum Gasteiger partial charge on any atom is 0.195 e. The van der Waals surface area contributed by atoms with Crippen molar-refractivity contribution in [1.82, 2.24) is 19.8 Å². The highest BCUT2D eigenvalue weighted by molar-refractivity contribution is 7.26. The number of hydrogen-bond donors (Lipinski definition) is 0. The number of rotatable bonds is 0. The minimum absolute atomic E-state index is 0.832. The summed E-state index contributed by atoms with van der Waals surface area (Å²) in [4.78, 5) is 0. The van der Waals surface area contributed by atoms with E-state index in [-0.39, 0.29) is 0 Å². The molecule has 4 aromatic rings. The van der Waals surface area contributed by atoms with E-state index in [1.165, 1.54) is 10.1 Å². The molecule has 0 spiro atoms. The van der Waals surface area contributed by atoms with E-state index in [4.69, 9.17) is 0 Å². The SMILES string of the molecule is c1ccc2c(c1)sc1c2cnn2cnnc12. The third kappa shape index (κ3) is 0.906. The molecule has 0 atom stereocenters. The van der Waals surface area contributed by atoms with Crippen molar-refractivity contribution in [1.29, 1.82) is 0 Å². The first-order valence-electron chi connectivity index (χ1n) is 4.90. The monoisotopic (exact) mass is 226 g/mol. The molecule has 0 fully saturated rings. The van der Waals surface area contributed by atoms with Gasteiger partial charge in [-0.15, -0.1) is 21.5 Å². The van der Waals surface area contributed by atoms with Crippen molar-refractivity contribution in [2.75, 3.05) is 0 Å². The Morgan fingerprint density at radius 2 is 2.06 bits per heavy atom. The molecule has 1 aromatic carbocycles. The van der Waals surface area contributed by atoms with Gasteiger partial charge in [-0.3, -0.25) is 0 Å². The molecule has 0 N–H and O–H groups in total. The first-order valence-corrected chi connectivity index (χ1v) is 5.71. The first kappa shape index (κ1) is 8.18. The van der Waals surface area contributed by atoms with Crippen LogP contribution in [0.1, 0.15) is 0 Å². The van der Waals surface area contributed by atoms with Crippen molar-refractivity contribution >= 4 is 37.2 Å². The van der Waals surface area contributed by atoms with E-state index in [2.05, 4.69) is 27.4 Å². The predicted molar refractivity (Wildman–Crippen MR) is 63.7 cm³/mol. The van der Waals surface area contributed by atoms with E-state index in [1.807, 2.05) is 18.3 Å². The van der Waals surface area contributed by atoms with E-state index in [0.29, 0.717) is 0 Å². The third-order valence-electron chi connectivity index (χ3n) is 2.68. The van der Waals surface area contributed by atoms with Gasteiger partial charge in [-0.05, 0) is 6.07 Å².